The first kappa shape index (κ1) is 19.7. The van der Waals surface area contributed by atoms with E-state index in [1.54, 1.807) is 18.8 Å². The Bertz CT molecular complexity index is 1210. The van der Waals surface area contributed by atoms with Crippen molar-refractivity contribution in [3.8, 4) is 22.8 Å². The first-order valence-corrected chi connectivity index (χ1v) is 9.68. The van der Waals surface area contributed by atoms with Gasteiger partial charge in [0.15, 0.2) is 6.79 Å². The maximum atomic E-state index is 13.4. The second-order valence-electron chi connectivity index (χ2n) is 6.90. The molecule has 4 rings (SSSR count). The third kappa shape index (κ3) is 3.93. The number of fused-ring (bicyclic) bond motifs is 1. The van der Waals surface area contributed by atoms with E-state index in [2.05, 4.69) is 0 Å². The largest absolute Gasteiger partial charge is 0.497 e. The summed E-state index contributed by atoms with van der Waals surface area (Å²) in [5.74, 6) is 1.45. The molecule has 0 radical (unpaired) electrons. The molecule has 4 aromatic rings. The molecule has 3 aromatic carbocycles. The first-order valence-electron chi connectivity index (χ1n) is 9.68. The lowest BCUT2D eigenvalue weighted by Gasteiger charge is -2.18. The zero-order valence-electron chi connectivity index (χ0n) is 17.0. The van der Waals surface area contributed by atoms with Gasteiger partial charge in [-0.2, -0.15) is 0 Å². The van der Waals surface area contributed by atoms with E-state index in [0.717, 1.165) is 28.0 Å². The second-order valence-corrected chi connectivity index (χ2v) is 6.90. The van der Waals surface area contributed by atoms with Crippen molar-refractivity contribution in [3.63, 3.8) is 0 Å². The Morgan fingerprint density at radius 3 is 2.37 bits per heavy atom. The van der Waals surface area contributed by atoms with Crippen LogP contribution in [0.4, 0.5) is 0 Å². The molecule has 0 saturated carbocycles. The van der Waals surface area contributed by atoms with Crippen LogP contribution in [-0.4, -0.2) is 25.6 Å². The Balaban J connectivity index is 1.90. The molecule has 0 aliphatic rings. The van der Waals surface area contributed by atoms with E-state index in [1.165, 1.54) is 0 Å². The Kier molecular flexibility index (Phi) is 5.82. The van der Waals surface area contributed by atoms with Gasteiger partial charge in [0.1, 0.15) is 11.5 Å². The number of rotatable bonds is 7. The van der Waals surface area contributed by atoms with Crippen LogP contribution in [0.3, 0.4) is 0 Å². The number of aromatic nitrogens is 1. The van der Waals surface area contributed by atoms with Crippen molar-refractivity contribution in [2.24, 2.45) is 0 Å². The summed E-state index contributed by atoms with van der Waals surface area (Å²) in [7, 11) is 3.22. The molecule has 0 aliphatic heterocycles. The van der Waals surface area contributed by atoms with Crippen LogP contribution < -0.4 is 15.0 Å². The first-order chi connectivity index (χ1) is 14.7. The Labute approximate surface area is 175 Å². The van der Waals surface area contributed by atoms with Gasteiger partial charge in [0, 0.05) is 18.1 Å². The average molecular weight is 401 g/mol. The molecule has 5 heteroatoms. The third-order valence-electron chi connectivity index (χ3n) is 5.01. The standard InChI is InChI=1S/C25H23NO4/c1-28-17-30-24-10-6-5-9-22(24)23-15-19-7-3-4-8-21(19)25(27)26(23)16-18-11-13-20(29-2)14-12-18/h3-15H,16-17H2,1-2H3. The molecule has 1 heterocycles. The van der Waals surface area contributed by atoms with Crippen molar-refractivity contribution in [3.05, 3.63) is 94.8 Å². The monoisotopic (exact) mass is 401 g/mol. The lowest BCUT2D eigenvalue weighted by molar-refractivity contribution is 0.0515. The van der Waals surface area contributed by atoms with Crippen LogP contribution in [0.1, 0.15) is 5.56 Å². The van der Waals surface area contributed by atoms with Gasteiger partial charge in [-0.25, -0.2) is 0 Å². The molecule has 30 heavy (non-hydrogen) atoms. The van der Waals surface area contributed by atoms with Gasteiger partial charge in [0.05, 0.1) is 19.3 Å². The number of para-hydroxylation sites is 1. The maximum Gasteiger partial charge on any atom is 0.259 e. The summed E-state index contributed by atoms with van der Waals surface area (Å²) in [6.45, 7) is 0.564. The van der Waals surface area contributed by atoms with E-state index < -0.39 is 0 Å². The molecule has 1 aromatic heterocycles. The molecular formula is C25H23NO4. The van der Waals surface area contributed by atoms with Gasteiger partial charge in [0.25, 0.3) is 5.56 Å². The highest BCUT2D eigenvalue weighted by Gasteiger charge is 2.15. The van der Waals surface area contributed by atoms with Crippen molar-refractivity contribution in [2.75, 3.05) is 21.0 Å². The lowest BCUT2D eigenvalue weighted by Crippen LogP contribution is -2.23. The quantitative estimate of drug-likeness (QED) is 0.421. The highest BCUT2D eigenvalue weighted by atomic mass is 16.7. The van der Waals surface area contributed by atoms with Crippen LogP contribution in [0, 0.1) is 0 Å². The number of hydrogen-bond donors (Lipinski definition) is 0. The van der Waals surface area contributed by atoms with Crippen LogP contribution in [0.2, 0.25) is 0 Å². The van der Waals surface area contributed by atoms with Crippen molar-refractivity contribution in [1.82, 2.24) is 4.57 Å². The van der Waals surface area contributed by atoms with Crippen LogP contribution in [0.5, 0.6) is 11.5 Å². The molecule has 152 valence electrons. The van der Waals surface area contributed by atoms with Gasteiger partial charge >= 0.3 is 0 Å². The fraction of sp³-hybridized carbons (Fsp3) is 0.160. The number of nitrogens with zero attached hydrogens (tertiary/aromatic N) is 1. The molecule has 0 N–H and O–H groups in total. The molecule has 0 fully saturated rings. The Morgan fingerprint density at radius 2 is 1.60 bits per heavy atom. The van der Waals surface area contributed by atoms with Gasteiger partial charge in [-0.1, -0.05) is 42.5 Å². The summed E-state index contributed by atoms with van der Waals surface area (Å²) >= 11 is 0. The topological polar surface area (TPSA) is 49.7 Å². The molecular weight excluding hydrogens is 378 g/mol. The zero-order valence-corrected chi connectivity index (χ0v) is 17.0. The second kappa shape index (κ2) is 8.84. The van der Waals surface area contributed by atoms with E-state index in [0.29, 0.717) is 17.7 Å². The summed E-state index contributed by atoms with van der Waals surface area (Å²) in [5, 5.41) is 1.58. The summed E-state index contributed by atoms with van der Waals surface area (Å²) in [6.07, 6.45) is 0. The minimum Gasteiger partial charge on any atom is -0.497 e. The van der Waals surface area contributed by atoms with Gasteiger partial charge < -0.3 is 18.8 Å². The van der Waals surface area contributed by atoms with Crippen LogP contribution in [-0.2, 0) is 11.3 Å². The normalized spacial score (nSPS) is 10.9. The SMILES string of the molecule is COCOc1ccccc1-c1cc2ccccc2c(=O)n1Cc1ccc(OC)cc1. The Morgan fingerprint density at radius 1 is 0.867 bits per heavy atom. The predicted octanol–water partition coefficient (Wildman–Crippen LogP) is 4.71. The number of pyridine rings is 1. The molecule has 5 nitrogen and oxygen atoms in total. The fourth-order valence-corrected chi connectivity index (χ4v) is 3.52. The van der Waals surface area contributed by atoms with Crippen molar-refractivity contribution in [1.29, 1.82) is 0 Å². The molecule has 0 unspecified atom stereocenters. The summed E-state index contributed by atoms with van der Waals surface area (Å²) in [4.78, 5) is 13.4. The summed E-state index contributed by atoms with van der Waals surface area (Å²) in [5.41, 5.74) is 2.59. The average Bonchev–Trinajstić information content (AvgIpc) is 2.80. The number of hydrogen-bond acceptors (Lipinski definition) is 4. The van der Waals surface area contributed by atoms with Gasteiger partial charge in [-0.3, -0.25) is 4.79 Å². The van der Waals surface area contributed by atoms with E-state index in [4.69, 9.17) is 14.2 Å². The summed E-state index contributed by atoms with van der Waals surface area (Å²) < 4.78 is 17.9. The lowest BCUT2D eigenvalue weighted by atomic mass is 10.0. The zero-order chi connectivity index (χ0) is 20.9. The van der Waals surface area contributed by atoms with Crippen molar-refractivity contribution >= 4 is 10.8 Å². The van der Waals surface area contributed by atoms with E-state index in [9.17, 15) is 4.79 Å². The maximum absolute atomic E-state index is 13.4. The van der Waals surface area contributed by atoms with Gasteiger partial charge in [-0.05, 0) is 47.3 Å². The van der Waals surface area contributed by atoms with Gasteiger partial charge in [-0.15, -0.1) is 0 Å². The molecule has 0 aliphatic carbocycles. The van der Waals surface area contributed by atoms with E-state index >= 15 is 0 Å². The highest BCUT2D eigenvalue weighted by molar-refractivity contribution is 5.86. The number of benzene rings is 3. The smallest absolute Gasteiger partial charge is 0.259 e. The molecule has 0 amide bonds. The van der Waals surface area contributed by atoms with Crippen LogP contribution in [0.15, 0.2) is 83.7 Å². The van der Waals surface area contributed by atoms with Crippen molar-refractivity contribution in [2.45, 2.75) is 6.54 Å². The molecule has 0 atom stereocenters. The van der Waals surface area contributed by atoms with Crippen molar-refractivity contribution < 1.29 is 14.2 Å². The van der Waals surface area contributed by atoms with Gasteiger partial charge in [0.2, 0.25) is 0 Å². The molecule has 0 spiro atoms. The predicted molar refractivity (Wildman–Crippen MR) is 118 cm³/mol. The molecule has 0 bridgehead atoms. The summed E-state index contributed by atoms with van der Waals surface area (Å²) in [6, 6.07) is 25.1. The highest BCUT2D eigenvalue weighted by Crippen LogP contribution is 2.31. The van der Waals surface area contributed by atoms with E-state index in [-0.39, 0.29) is 12.4 Å². The third-order valence-corrected chi connectivity index (χ3v) is 5.01. The number of ether oxygens (including phenoxy) is 3. The minimum absolute atomic E-state index is 0.0412. The molecule has 0 saturated heterocycles. The van der Waals surface area contributed by atoms with Crippen LogP contribution >= 0.6 is 0 Å². The van der Waals surface area contributed by atoms with Crippen LogP contribution in [0.25, 0.3) is 22.0 Å². The minimum atomic E-state index is -0.0412. The van der Waals surface area contributed by atoms with E-state index in [1.807, 2.05) is 78.9 Å². The number of methoxy groups -OCH3 is 2. The fourth-order valence-electron chi connectivity index (χ4n) is 3.52. The Hall–Kier alpha value is -3.57.